The summed E-state index contributed by atoms with van der Waals surface area (Å²) in [7, 11) is 3.17. The molecular formula is C19H19N5O3S. The van der Waals surface area contributed by atoms with Gasteiger partial charge in [0.15, 0.2) is 0 Å². The normalized spacial score (nSPS) is 12.7. The third-order valence-electron chi connectivity index (χ3n) is 4.57. The van der Waals surface area contributed by atoms with Gasteiger partial charge in [-0.05, 0) is 40.6 Å². The molecule has 0 atom stereocenters. The third-order valence-corrected chi connectivity index (χ3v) is 5.47. The summed E-state index contributed by atoms with van der Waals surface area (Å²) in [5.41, 5.74) is 2.84. The maximum Gasteiger partial charge on any atom is 0.237 e. The Morgan fingerprint density at radius 2 is 2.00 bits per heavy atom. The third kappa shape index (κ3) is 3.40. The molecule has 2 aromatic carbocycles. The number of methoxy groups -OCH3 is 2. The minimum Gasteiger partial charge on any atom is -0.497 e. The Hall–Kier alpha value is -3.07. The van der Waals surface area contributed by atoms with Crippen molar-refractivity contribution >= 4 is 23.4 Å². The summed E-state index contributed by atoms with van der Waals surface area (Å²) in [6, 6.07) is 13.4. The molecule has 4 rings (SSSR count). The van der Waals surface area contributed by atoms with E-state index >= 15 is 0 Å². The molecule has 1 aliphatic heterocycles. The van der Waals surface area contributed by atoms with E-state index in [1.807, 2.05) is 23.1 Å². The molecule has 0 radical (unpaired) electrons. The highest BCUT2D eigenvalue weighted by molar-refractivity contribution is 7.99. The van der Waals surface area contributed by atoms with Gasteiger partial charge in [-0.1, -0.05) is 30.0 Å². The van der Waals surface area contributed by atoms with Gasteiger partial charge < -0.3 is 14.4 Å². The lowest BCUT2D eigenvalue weighted by molar-refractivity contribution is -0.116. The smallest absolute Gasteiger partial charge is 0.237 e. The molecule has 0 unspecified atom stereocenters. The number of hydrogen-bond donors (Lipinski definition) is 0. The van der Waals surface area contributed by atoms with Crippen molar-refractivity contribution in [3.8, 4) is 17.2 Å². The number of aromatic nitrogens is 4. The van der Waals surface area contributed by atoms with Crippen molar-refractivity contribution in [3.05, 3.63) is 48.0 Å². The van der Waals surface area contributed by atoms with Crippen molar-refractivity contribution in [1.82, 2.24) is 20.2 Å². The molecule has 0 fully saturated rings. The van der Waals surface area contributed by atoms with Gasteiger partial charge in [0.2, 0.25) is 11.1 Å². The highest BCUT2D eigenvalue weighted by atomic mass is 32.2. The fourth-order valence-electron chi connectivity index (χ4n) is 3.18. The fourth-order valence-corrected chi connectivity index (χ4v) is 3.94. The molecule has 0 aliphatic carbocycles. The first kappa shape index (κ1) is 18.3. The summed E-state index contributed by atoms with van der Waals surface area (Å²) in [6.45, 7) is 0.702. The van der Waals surface area contributed by atoms with E-state index in [2.05, 4.69) is 21.6 Å². The number of para-hydroxylation sites is 1. The predicted molar refractivity (Wildman–Crippen MR) is 105 cm³/mol. The van der Waals surface area contributed by atoms with E-state index in [4.69, 9.17) is 9.47 Å². The molecule has 0 bridgehead atoms. The molecule has 0 saturated carbocycles. The Morgan fingerprint density at radius 3 is 2.82 bits per heavy atom. The van der Waals surface area contributed by atoms with Crippen LogP contribution in [0.25, 0.3) is 5.69 Å². The van der Waals surface area contributed by atoms with Crippen LogP contribution in [0, 0.1) is 0 Å². The summed E-state index contributed by atoms with van der Waals surface area (Å²) in [5.74, 6) is 1.53. The minimum absolute atomic E-state index is 0.0297. The van der Waals surface area contributed by atoms with E-state index < -0.39 is 0 Å². The molecular weight excluding hydrogens is 378 g/mol. The number of thioether (sulfide) groups is 1. The molecule has 8 nitrogen and oxygen atoms in total. The highest BCUT2D eigenvalue weighted by Gasteiger charge is 2.25. The minimum atomic E-state index is 0.0297. The zero-order valence-corrected chi connectivity index (χ0v) is 16.3. The van der Waals surface area contributed by atoms with Crippen molar-refractivity contribution in [3.63, 3.8) is 0 Å². The summed E-state index contributed by atoms with van der Waals surface area (Å²) in [4.78, 5) is 14.6. The number of nitrogens with zero attached hydrogens (tertiary/aromatic N) is 5. The average Bonchev–Trinajstić information content (AvgIpc) is 3.38. The van der Waals surface area contributed by atoms with Gasteiger partial charge in [0.05, 0.1) is 20.0 Å². The molecule has 28 heavy (non-hydrogen) atoms. The molecule has 3 aromatic rings. The van der Waals surface area contributed by atoms with E-state index in [0.29, 0.717) is 28.9 Å². The van der Waals surface area contributed by atoms with E-state index in [9.17, 15) is 4.79 Å². The van der Waals surface area contributed by atoms with Gasteiger partial charge in [-0.25, -0.2) is 0 Å². The number of amides is 1. The Bertz CT molecular complexity index is 1010. The lowest BCUT2D eigenvalue weighted by Crippen LogP contribution is -2.30. The van der Waals surface area contributed by atoms with Gasteiger partial charge in [0.25, 0.3) is 0 Å². The quantitative estimate of drug-likeness (QED) is 0.591. The van der Waals surface area contributed by atoms with Crippen molar-refractivity contribution in [2.45, 2.75) is 11.6 Å². The second-order valence-electron chi connectivity index (χ2n) is 6.12. The van der Waals surface area contributed by atoms with Crippen LogP contribution in [0.15, 0.2) is 47.6 Å². The molecule has 1 amide bonds. The molecule has 0 N–H and O–H groups in total. The number of rotatable bonds is 6. The number of tetrazole rings is 1. The van der Waals surface area contributed by atoms with Gasteiger partial charge in [-0.2, -0.15) is 4.68 Å². The maximum atomic E-state index is 12.8. The van der Waals surface area contributed by atoms with Crippen LogP contribution in [-0.4, -0.2) is 52.6 Å². The van der Waals surface area contributed by atoms with Gasteiger partial charge in [0.1, 0.15) is 17.2 Å². The summed E-state index contributed by atoms with van der Waals surface area (Å²) >= 11 is 1.29. The number of anilines is 1. The van der Waals surface area contributed by atoms with Gasteiger partial charge in [-0.15, -0.1) is 5.10 Å². The first-order valence-corrected chi connectivity index (χ1v) is 9.71. The summed E-state index contributed by atoms with van der Waals surface area (Å²) in [6.07, 6.45) is 0.880. The molecule has 9 heteroatoms. The molecule has 144 valence electrons. The number of ether oxygens (including phenoxy) is 2. The number of fused-ring (bicyclic) bond motifs is 1. The van der Waals surface area contributed by atoms with Crippen LogP contribution in [0.5, 0.6) is 11.5 Å². The van der Waals surface area contributed by atoms with Crippen LogP contribution in [0.1, 0.15) is 5.56 Å². The topological polar surface area (TPSA) is 82.4 Å². The molecule has 1 aliphatic rings. The van der Waals surface area contributed by atoms with Gasteiger partial charge in [-0.3, -0.25) is 4.79 Å². The lowest BCUT2D eigenvalue weighted by Gasteiger charge is -2.17. The van der Waals surface area contributed by atoms with Crippen LogP contribution in [0.4, 0.5) is 5.69 Å². The number of benzene rings is 2. The number of hydrogen-bond acceptors (Lipinski definition) is 7. The molecule has 0 spiro atoms. The van der Waals surface area contributed by atoms with Crippen LogP contribution in [0.2, 0.25) is 0 Å². The van der Waals surface area contributed by atoms with E-state index in [1.165, 1.54) is 17.3 Å². The monoisotopic (exact) mass is 397 g/mol. The van der Waals surface area contributed by atoms with Crippen molar-refractivity contribution in [2.75, 3.05) is 31.4 Å². The van der Waals surface area contributed by atoms with Crippen molar-refractivity contribution in [1.29, 1.82) is 0 Å². The fraction of sp³-hybridized carbons (Fsp3) is 0.263. The largest absolute Gasteiger partial charge is 0.497 e. The van der Waals surface area contributed by atoms with Crippen LogP contribution in [0.3, 0.4) is 0 Å². The second-order valence-corrected chi connectivity index (χ2v) is 7.07. The second kappa shape index (κ2) is 7.89. The van der Waals surface area contributed by atoms with Crippen LogP contribution < -0.4 is 14.4 Å². The van der Waals surface area contributed by atoms with Crippen molar-refractivity contribution in [2.24, 2.45) is 0 Å². The zero-order valence-electron chi connectivity index (χ0n) is 15.5. The highest BCUT2D eigenvalue weighted by Crippen LogP contribution is 2.31. The zero-order chi connectivity index (χ0) is 19.5. The average molecular weight is 397 g/mol. The summed E-state index contributed by atoms with van der Waals surface area (Å²) < 4.78 is 12.3. The first-order valence-electron chi connectivity index (χ1n) is 8.73. The van der Waals surface area contributed by atoms with E-state index in [0.717, 1.165) is 12.1 Å². The van der Waals surface area contributed by atoms with E-state index in [-0.39, 0.29) is 11.7 Å². The molecule has 0 saturated heterocycles. The SMILES string of the molecule is COc1ccc(OC)c(-n2nnnc2SCC(=O)N2CCc3ccccc32)c1. The van der Waals surface area contributed by atoms with Crippen molar-refractivity contribution < 1.29 is 14.3 Å². The van der Waals surface area contributed by atoms with Gasteiger partial charge >= 0.3 is 0 Å². The first-order chi connectivity index (χ1) is 13.7. The molecule has 1 aromatic heterocycles. The van der Waals surface area contributed by atoms with Crippen LogP contribution >= 0.6 is 11.8 Å². The van der Waals surface area contributed by atoms with E-state index in [1.54, 1.807) is 37.1 Å². The Morgan fingerprint density at radius 1 is 1.14 bits per heavy atom. The number of carbonyl (C=O) groups is 1. The molecule has 2 heterocycles. The maximum absolute atomic E-state index is 12.8. The Kier molecular flexibility index (Phi) is 5.16. The lowest BCUT2D eigenvalue weighted by atomic mass is 10.2. The van der Waals surface area contributed by atoms with Gasteiger partial charge in [0, 0.05) is 18.3 Å². The standard InChI is InChI=1S/C19H19N5O3S/c1-26-14-7-8-17(27-2)16(11-14)24-19(20-21-22-24)28-12-18(25)23-10-9-13-5-3-4-6-15(13)23/h3-8,11H,9-10,12H2,1-2H3. The number of carbonyl (C=O) groups excluding carboxylic acids is 1. The Balaban J connectivity index is 1.53. The summed E-state index contributed by atoms with van der Waals surface area (Å²) in [5, 5.41) is 12.4. The Labute approximate surface area is 166 Å². The predicted octanol–water partition coefficient (Wildman–Crippen LogP) is 2.36. The van der Waals surface area contributed by atoms with Crippen LogP contribution in [-0.2, 0) is 11.2 Å².